The number of hydrogen-bond donors (Lipinski definition) is 4. The van der Waals surface area contributed by atoms with Gasteiger partial charge in [0.05, 0.1) is 31.3 Å². The molecule has 0 fully saturated rings. The second-order valence-corrected chi connectivity index (χ2v) is 18.1. The van der Waals surface area contributed by atoms with Gasteiger partial charge in [-0.05, 0) is 57.8 Å². The zero-order chi connectivity index (χ0) is 43.0. The fourth-order valence-corrected chi connectivity index (χ4v) is 8.12. The van der Waals surface area contributed by atoms with E-state index in [0.717, 1.165) is 32.1 Å². The quantitative estimate of drug-likeness (QED) is 0.0363. The Labute approximate surface area is 368 Å². The second kappa shape index (κ2) is 49.2. The minimum atomic E-state index is -0.953. The van der Waals surface area contributed by atoms with Crippen molar-refractivity contribution in [1.29, 1.82) is 0 Å². The van der Waals surface area contributed by atoms with E-state index < -0.39 is 18.2 Å². The van der Waals surface area contributed by atoms with Crippen molar-refractivity contribution in [2.75, 3.05) is 6.61 Å². The van der Waals surface area contributed by atoms with Gasteiger partial charge in [-0.2, -0.15) is 0 Å². The number of rotatable bonds is 48. The van der Waals surface area contributed by atoms with Gasteiger partial charge in [-0.25, -0.2) is 0 Å². The fourth-order valence-electron chi connectivity index (χ4n) is 8.12. The van der Waals surface area contributed by atoms with E-state index in [0.29, 0.717) is 6.42 Å². The van der Waals surface area contributed by atoms with Crippen LogP contribution >= 0.6 is 0 Å². The van der Waals surface area contributed by atoms with Crippen LogP contribution in [0.15, 0.2) is 36.5 Å². The van der Waals surface area contributed by atoms with Crippen molar-refractivity contribution in [2.45, 2.75) is 295 Å². The molecule has 0 aliphatic rings. The monoisotopic (exact) mass is 830 g/mol. The first-order valence-corrected chi connectivity index (χ1v) is 26.3. The van der Waals surface area contributed by atoms with E-state index in [1.54, 1.807) is 6.08 Å². The first kappa shape index (κ1) is 57.6. The Hall–Kier alpha value is -1.43. The summed E-state index contributed by atoms with van der Waals surface area (Å²) in [5.74, 6) is -0.324. The number of aliphatic hydroxyl groups excluding tert-OH is 3. The molecule has 0 spiro atoms. The van der Waals surface area contributed by atoms with E-state index in [1.807, 2.05) is 6.08 Å². The van der Waals surface area contributed by atoms with Crippen molar-refractivity contribution in [3.8, 4) is 0 Å². The lowest BCUT2D eigenvalue weighted by Gasteiger charge is -2.21. The van der Waals surface area contributed by atoms with Gasteiger partial charge < -0.3 is 20.6 Å². The van der Waals surface area contributed by atoms with Gasteiger partial charge in [-0.1, -0.05) is 249 Å². The number of nitrogens with one attached hydrogen (secondary N) is 1. The lowest BCUT2D eigenvalue weighted by Crippen LogP contribution is -2.45. The van der Waals surface area contributed by atoms with E-state index in [4.69, 9.17) is 0 Å². The Morgan fingerprint density at radius 1 is 0.424 bits per heavy atom. The highest BCUT2D eigenvalue weighted by Gasteiger charge is 2.20. The first-order valence-electron chi connectivity index (χ1n) is 26.3. The predicted molar refractivity (Wildman–Crippen MR) is 259 cm³/mol. The third-order valence-corrected chi connectivity index (χ3v) is 12.1. The SMILES string of the molecule is CCCCCCCCCCCCCC/C=C\CCCCCCCCCCC(O)CC(=O)NC(CO)C(O)/C=C/CC/C=C/CCCCCCCCCCCCCCCC. The van der Waals surface area contributed by atoms with Gasteiger partial charge in [0.25, 0.3) is 0 Å². The molecule has 3 unspecified atom stereocenters. The summed E-state index contributed by atoms with van der Waals surface area (Å²) >= 11 is 0. The zero-order valence-corrected chi connectivity index (χ0v) is 39.6. The molecule has 5 nitrogen and oxygen atoms in total. The normalized spacial score (nSPS) is 13.6. The van der Waals surface area contributed by atoms with Gasteiger partial charge in [0.1, 0.15) is 0 Å². The molecule has 0 aromatic heterocycles. The number of carbonyl (C=O) groups is 1. The lowest BCUT2D eigenvalue weighted by molar-refractivity contribution is -0.124. The van der Waals surface area contributed by atoms with Crippen LogP contribution in [-0.4, -0.2) is 46.1 Å². The van der Waals surface area contributed by atoms with Crippen LogP contribution < -0.4 is 5.32 Å². The third-order valence-electron chi connectivity index (χ3n) is 12.1. The maximum Gasteiger partial charge on any atom is 0.222 e. The Balaban J connectivity index is 3.63. The first-order chi connectivity index (χ1) is 29.0. The molecule has 348 valence electrons. The Morgan fingerprint density at radius 3 is 1.08 bits per heavy atom. The maximum atomic E-state index is 12.5. The van der Waals surface area contributed by atoms with Crippen LogP contribution in [0.25, 0.3) is 0 Å². The second-order valence-electron chi connectivity index (χ2n) is 18.1. The maximum absolute atomic E-state index is 12.5. The summed E-state index contributed by atoms with van der Waals surface area (Å²) < 4.78 is 0. The van der Waals surface area contributed by atoms with Gasteiger partial charge in [-0.15, -0.1) is 0 Å². The topological polar surface area (TPSA) is 89.8 Å². The van der Waals surface area contributed by atoms with Gasteiger partial charge in [0, 0.05) is 0 Å². The Kier molecular flexibility index (Phi) is 48.0. The molecule has 3 atom stereocenters. The smallest absolute Gasteiger partial charge is 0.222 e. The predicted octanol–water partition coefficient (Wildman–Crippen LogP) is 15.9. The molecule has 0 aliphatic heterocycles. The van der Waals surface area contributed by atoms with E-state index in [1.165, 1.54) is 218 Å². The van der Waals surface area contributed by atoms with Gasteiger partial charge in [-0.3, -0.25) is 4.79 Å². The molecule has 59 heavy (non-hydrogen) atoms. The molecule has 1 amide bonds. The molecule has 0 saturated carbocycles. The Morgan fingerprint density at radius 2 is 0.729 bits per heavy atom. The van der Waals surface area contributed by atoms with Crippen LogP contribution in [0.3, 0.4) is 0 Å². The number of allylic oxidation sites excluding steroid dienone is 5. The van der Waals surface area contributed by atoms with Crippen molar-refractivity contribution in [1.82, 2.24) is 5.32 Å². The zero-order valence-electron chi connectivity index (χ0n) is 39.6. The number of aliphatic hydroxyl groups is 3. The standard InChI is InChI=1S/C54H103NO4/c1-3-5-7-9-11-13-15-17-19-21-23-25-26-27-28-29-31-33-35-37-39-41-43-45-47-51(57)49-54(59)55-52(50-56)53(58)48-46-44-42-40-38-36-34-32-30-24-22-20-18-16-14-12-10-8-6-4-2/h27-28,38,40,46,48,51-53,56-58H,3-26,29-37,39,41-45,47,49-50H2,1-2H3,(H,55,59)/b28-27-,40-38+,48-46+. The van der Waals surface area contributed by atoms with Gasteiger partial charge >= 0.3 is 0 Å². The van der Waals surface area contributed by atoms with Crippen molar-refractivity contribution >= 4 is 5.91 Å². The van der Waals surface area contributed by atoms with Gasteiger partial charge in [0.2, 0.25) is 5.91 Å². The molecule has 0 rings (SSSR count). The van der Waals surface area contributed by atoms with Crippen molar-refractivity contribution in [3.05, 3.63) is 36.5 Å². The van der Waals surface area contributed by atoms with Crippen molar-refractivity contribution in [2.24, 2.45) is 0 Å². The molecule has 0 aliphatic carbocycles. The number of unbranched alkanes of at least 4 members (excludes halogenated alkanes) is 35. The molecule has 0 radical (unpaired) electrons. The van der Waals surface area contributed by atoms with Crippen LogP contribution in [-0.2, 0) is 4.79 Å². The molecule has 4 N–H and O–H groups in total. The molecule has 0 aromatic carbocycles. The summed E-state index contributed by atoms with van der Waals surface area (Å²) in [4.78, 5) is 12.5. The highest BCUT2D eigenvalue weighted by atomic mass is 16.3. The van der Waals surface area contributed by atoms with E-state index in [9.17, 15) is 20.1 Å². The minimum Gasteiger partial charge on any atom is -0.394 e. The lowest BCUT2D eigenvalue weighted by atomic mass is 10.0. The summed E-state index contributed by atoms with van der Waals surface area (Å²) in [7, 11) is 0. The minimum absolute atomic E-state index is 0.00480. The molecule has 0 bridgehead atoms. The number of hydrogen-bond acceptors (Lipinski definition) is 4. The van der Waals surface area contributed by atoms with Crippen molar-refractivity contribution < 1.29 is 20.1 Å². The van der Waals surface area contributed by atoms with Crippen LogP contribution in [0.5, 0.6) is 0 Å². The molecular formula is C54H103NO4. The fraction of sp³-hybridized carbons (Fsp3) is 0.870. The number of amides is 1. The average Bonchev–Trinajstić information content (AvgIpc) is 3.23. The third kappa shape index (κ3) is 45.9. The molecular weight excluding hydrogens is 727 g/mol. The summed E-state index contributed by atoms with van der Waals surface area (Å²) in [6, 6.07) is -0.762. The molecule has 0 saturated heterocycles. The van der Waals surface area contributed by atoms with Gasteiger partial charge in [0.15, 0.2) is 0 Å². The van der Waals surface area contributed by atoms with E-state index in [2.05, 4.69) is 43.5 Å². The van der Waals surface area contributed by atoms with E-state index in [-0.39, 0.29) is 18.9 Å². The van der Waals surface area contributed by atoms with Crippen LogP contribution in [0.1, 0.15) is 277 Å². The van der Waals surface area contributed by atoms with Crippen LogP contribution in [0.2, 0.25) is 0 Å². The van der Waals surface area contributed by atoms with E-state index >= 15 is 0 Å². The number of carbonyl (C=O) groups excluding carboxylic acids is 1. The van der Waals surface area contributed by atoms with Crippen LogP contribution in [0.4, 0.5) is 0 Å². The molecule has 0 heterocycles. The Bertz CT molecular complexity index is 916. The summed E-state index contributed by atoms with van der Waals surface area (Å²) in [5.41, 5.74) is 0. The molecule has 5 heteroatoms. The average molecular weight is 830 g/mol. The van der Waals surface area contributed by atoms with Crippen LogP contribution in [0, 0.1) is 0 Å². The highest BCUT2D eigenvalue weighted by molar-refractivity contribution is 5.76. The van der Waals surface area contributed by atoms with Crippen molar-refractivity contribution in [3.63, 3.8) is 0 Å². The highest BCUT2D eigenvalue weighted by Crippen LogP contribution is 2.16. The summed E-state index contributed by atoms with van der Waals surface area (Å²) in [6.45, 7) is 4.23. The molecule has 0 aromatic rings. The summed E-state index contributed by atoms with van der Waals surface area (Å²) in [5, 5.41) is 33.4. The summed E-state index contributed by atoms with van der Waals surface area (Å²) in [6.07, 6.45) is 63.2. The largest absolute Gasteiger partial charge is 0.394 e.